The van der Waals surface area contributed by atoms with Gasteiger partial charge in [0.15, 0.2) is 0 Å². The lowest BCUT2D eigenvalue weighted by Crippen LogP contribution is -1.94. The standard InChI is InChI=1S/C11H16/c1-3-4-8-11-9-6-5-7-10(11)2/h3-4,8H,1,5-7,9H2,2H3/b8-4+. The van der Waals surface area contributed by atoms with Gasteiger partial charge in [-0.2, -0.15) is 0 Å². The van der Waals surface area contributed by atoms with Crippen molar-refractivity contribution in [2.75, 3.05) is 0 Å². The number of hydrogen-bond donors (Lipinski definition) is 0. The first-order valence-electron chi connectivity index (χ1n) is 4.32. The second kappa shape index (κ2) is 4.17. The van der Waals surface area contributed by atoms with Crippen LogP contribution in [0.15, 0.2) is 36.0 Å². The van der Waals surface area contributed by atoms with Gasteiger partial charge in [-0.15, -0.1) is 0 Å². The summed E-state index contributed by atoms with van der Waals surface area (Å²) in [6.45, 7) is 5.90. The molecule has 11 heavy (non-hydrogen) atoms. The van der Waals surface area contributed by atoms with E-state index in [1.165, 1.54) is 31.3 Å². The Morgan fingerprint density at radius 3 is 2.64 bits per heavy atom. The fourth-order valence-corrected chi connectivity index (χ4v) is 1.49. The summed E-state index contributed by atoms with van der Waals surface area (Å²) in [4.78, 5) is 0. The Bertz CT molecular complexity index is 194. The normalized spacial score (nSPS) is 19.4. The van der Waals surface area contributed by atoms with Gasteiger partial charge in [0, 0.05) is 0 Å². The lowest BCUT2D eigenvalue weighted by Gasteiger charge is -2.13. The Hall–Kier alpha value is -0.780. The molecule has 0 N–H and O–H groups in total. The maximum Gasteiger partial charge on any atom is -0.0279 e. The van der Waals surface area contributed by atoms with Crippen LogP contribution in [-0.4, -0.2) is 0 Å². The van der Waals surface area contributed by atoms with Crippen molar-refractivity contribution in [3.63, 3.8) is 0 Å². The fourth-order valence-electron chi connectivity index (χ4n) is 1.49. The highest BCUT2D eigenvalue weighted by Gasteiger charge is 2.04. The molecule has 0 fully saturated rings. The predicted octanol–water partition coefficient (Wildman–Crippen LogP) is 3.62. The van der Waals surface area contributed by atoms with Crippen LogP contribution in [0.4, 0.5) is 0 Å². The highest BCUT2D eigenvalue weighted by atomic mass is 14.1. The van der Waals surface area contributed by atoms with E-state index in [0.717, 1.165) is 0 Å². The molecule has 0 unspecified atom stereocenters. The monoisotopic (exact) mass is 148 g/mol. The summed E-state index contributed by atoms with van der Waals surface area (Å²) in [6.07, 6.45) is 11.3. The molecule has 1 aliphatic carbocycles. The van der Waals surface area contributed by atoms with Gasteiger partial charge in [-0.05, 0) is 38.2 Å². The zero-order valence-corrected chi connectivity index (χ0v) is 7.27. The highest BCUT2D eigenvalue weighted by molar-refractivity contribution is 5.28. The van der Waals surface area contributed by atoms with E-state index in [1.807, 2.05) is 12.2 Å². The van der Waals surface area contributed by atoms with Gasteiger partial charge in [0.1, 0.15) is 0 Å². The average molecular weight is 148 g/mol. The predicted molar refractivity (Wildman–Crippen MR) is 50.5 cm³/mol. The first-order valence-corrected chi connectivity index (χ1v) is 4.32. The lowest BCUT2D eigenvalue weighted by atomic mass is 9.92. The zero-order valence-electron chi connectivity index (χ0n) is 7.27. The smallest absolute Gasteiger partial charge is 0.0279 e. The van der Waals surface area contributed by atoms with Gasteiger partial charge in [-0.25, -0.2) is 0 Å². The summed E-state index contributed by atoms with van der Waals surface area (Å²) in [7, 11) is 0. The minimum Gasteiger partial charge on any atom is -0.0991 e. The van der Waals surface area contributed by atoms with E-state index in [2.05, 4.69) is 19.6 Å². The largest absolute Gasteiger partial charge is 0.0991 e. The molecule has 1 aliphatic rings. The van der Waals surface area contributed by atoms with Crippen LogP contribution in [0.5, 0.6) is 0 Å². The third kappa shape index (κ3) is 2.38. The van der Waals surface area contributed by atoms with Crippen LogP contribution in [0, 0.1) is 0 Å². The molecule has 0 heterocycles. The maximum absolute atomic E-state index is 3.66. The summed E-state index contributed by atoms with van der Waals surface area (Å²) in [6, 6.07) is 0. The van der Waals surface area contributed by atoms with Crippen molar-refractivity contribution in [2.45, 2.75) is 32.6 Å². The molecule has 0 aromatic heterocycles. The molecule has 0 amide bonds. The molecular formula is C11H16. The van der Waals surface area contributed by atoms with Crippen molar-refractivity contribution in [1.82, 2.24) is 0 Å². The Labute approximate surface area is 69.3 Å². The van der Waals surface area contributed by atoms with Crippen LogP contribution in [0.25, 0.3) is 0 Å². The average Bonchev–Trinajstić information content (AvgIpc) is 2.03. The van der Waals surface area contributed by atoms with Crippen LogP contribution in [0.1, 0.15) is 32.6 Å². The van der Waals surface area contributed by atoms with E-state index in [1.54, 1.807) is 5.57 Å². The first-order chi connectivity index (χ1) is 5.34. The highest BCUT2D eigenvalue weighted by Crippen LogP contribution is 2.24. The second-order valence-electron chi connectivity index (χ2n) is 3.11. The molecule has 0 bridgehead atoms. The number of rotatable bonds is 2. The van der Waals surface area contributed by atoms with Gasteiger partial charge < -0.3 is 0 Å². The van der Waals surface area contributed by atoms with E-state index >= 15 is 0 Å². The third-order valence-electron chi connectivity index (χ3n) is 2.23. The van der Waals surface area contributed by atoms with Gasteiger partial charge in [-0.3, -0.25) is 0 Å². The zero-order chi connectivity index (χ0) is 8.10. The van der Waals surface area contributed by atoms with E-state index in [4.69, 9.17) is 0 Å². The molecule has 0 aromatic rings. The Morgan fingerprint density at radius 2 is 2.00 bits per heavy atom. The Morgan fingerprint density at radius 1 is 1.27 bits per heavy atom. The molecule has 0 aliphatic heterocycles. The summed E-state index contributed by atoms with van der Waals surface area (Å²) >= 11 is 0. The molecule has 60 valence electrons. The molecule has 0 heteroatoms. The van der Waals surface area contributed by atoms with Gasteiger partial charge in [0.05, 0.1) is 0 Å². The van der Waals surface area contributed by atoms with Crippen LogP contribution >= 0.6 is 0 Å². The van der Waals surface area contributed by atoms with Gasteiger partial charge in [-0.1, -0.05) is 30.4 Å². The topological polar surface area (TPSA) is 0 Å². The summed E-state index contributed by atoms with van der Waals surface area (Å²) in [5, 5.41) is 0. The van der Waals surface area contributed by atoms with Crippen LogP contribution in [0.2, 0.25) is 0 Å². The minimum absolute atomic E-state index is 1.26. The molecule has 0 aromatic carbocycles. The van der Waals surface area contributed by atoms with Crippen LogP contribution < -0.4 is 0 Å². The third-order valence-corrected chi connectivity index (χ3v) is 2.23. The molecule has 0 saturated carbocycles. The molecule has 0 saturated heterocycles. The van der Waals surface area contributed by atoms with Crippen molar-refractivity contribution in [2.24, 2.45) is 0 Å². The maximum atomic E-state index is 3.66. The summed E-state index contributed by atoms with van der Waals surface area (Å²) in [5.74, 6) is 0. The fraction of sp³-hybridized carbons (Fsp3) is 0.455. The summed E-state index contributed by atoms with van der Waals surface area (Å²) in [5.41, 5.74) is 3.09. The van der Waals surface area contributed by atoms with Gasteiger partial charge >= 0.3 is 0 Å². The van der Waals surface area contributed by atoms with Gasteiger partial charge in [0.2, 0.25) is 0 Å². The molecular weight excluding hydrogens is 132 g/mol. The molecule has 1 rings (SSSR count). The van der Waals surface area contributed by atoms with E-state index < -0.39 is 0 Å². The summed E-state index contributed by atoms with van der Waals surface area (Å²) < 4.78 is 0. The van der Waals surface area contributed by atoms with E-state index in [-0.39, 0.29) is 0 Å². The quantitative estimate of drug-likeness (QED) is 0.525. The Balaban J connectivity index is 2.66. The number of allylic oxidation sites excluding steroid dienone is 5. The van der Waals surface area contributed by atoms with Gasteiger partial charge in [0.25, 0.3) is 0 Å². The van der Waals surface area contributed by atoms with E-state index in [9.17, 15) is 0 Å². The lowest BCUT2D eigenvalue weighted by molar-refractivity contribution is 0.683. The second-order valence-corrected chi connectivity index (χ2v) is 3.11. The van der Waals surface area contributed by atoms with E-state index in [0.29, 0.717) is 0 Å². The van der Waals surface area contributed by atoms with Crippen LogP contribution in [-0.2, 0) is 0 Å². The van der Waals surface area contributed by atoms with Crippen LogP contribution in [0.3, 0.4) is 0 Å². The molecule has 0 spiro atoms. The van der Waals surface area contributed by atoms with Crippen molar-refractivity contribution in [3.05, 3.63) is 36.0 Å². The molecule has 0 radical (unpaired) electrons. The first kappa shape index (κ1) is 8.32. The number of hydrogen-bond acceptors (Lipinski definition) is 0. The SMILES string of the molecule is C=C/C=C/C1=C(C)CCCC1. The minimum atomic E-state index is 1.26. The molecule has 0 nitrogen and oxygen atoms in total. The van der Waals surface area contributed by atoms with Crippen molar-refractivity contribution in [3.8, 4) is 0 Å². The van der Waals surface area contributed by atoms with Crippen molar-refractivity contribution in [1.29, 1.82) is 0 Å². The van der Waals surface area contributed by atoms with Crippen molar-refractivity contribution >= 4 is 0 Å². The molecule has 0 atom stereocenters. The Kier molecular flexibility index (Phi) is 3.15. The van der Waals surface area contributed by atoms with Crippen molar-refractivity contribution < 1.29 is 0 Å².